The van der Waals surface area contributed by atoms with E-state index in [0.29, 0.717) is 12.4 Å². The summed E-state index contributed by atoms with van der Waals surface area (Å²) in [6.07, 6.45) is 6.25. The van der Waals surface area contributed by atoms with Gasteiger partial charge < -0.3 is 9.73 Å². The first-order valence-corrected chi connectivity index (χ1v) is 5.37. The van der Waals surface area contributed by atoms with Crippen LogP contribution in [0.15, 0.2) is 29.1 Å². The third kappa shape index (κ3) is 2.39. The Morgan fingerprint density at radius 1 is 1.38 bits per heavy atom. The highest BCUT2D eigenvalue weighted by Crippen LogP contribution is 2.13. The number of hydrogen-bond acceptors (Lipinski definition) is 4. The zero-order valence-corrected chi connectivity index (χ0v) is 9.53. The van der Waals surface area contributed by atoms with E-state index in [1.54, 1.807) is 12.4 Å². The number of aryl methyl sites for hydroxylation is 2. The molecule has 0 amide bonds. The van der Waals surface area contributed by atoms with Crippen molar-refractivity contribution < 1.29 is 4.42 Å². The third-order valence-electron chi connectivity index (χ3n) is 2.40. The molecule has 4 heteroatoms. The summed E-state index contributed by atoms with van der Waals surface area (Å²) in [4.78, 5) is 8.23. The van der Waals surface area contributed by atoms with Crippen molar-refractivity contribution in [1.82, 2.24) is 9.97 Å². The number of pyridine rings is 1. The number of hydrogen-bond donors (Lipinski definition) is 1. The number of rotatable bonds is 4. The Balaban J connectivity index is 1.99. The summed E-state index contributed by atoms with van der Waals surface area (Å²) in [5.41, 5.74) is 2.18. The highest BCUT2D eigenvalue weighted by Gasteiger charge is 2.02. The molecule has 4 nitrogen and oxygen atoms in total. The third-order valence-corrected chi connectivity index (χ3v) is 2.40. The molecule has 0 aliphatic carbocycles. The Labute approximate surface area is 94.7 Å². The van der Waals surface area contributed by atoms with E-state index in [4.69, 9.17) is 4.42 Å². The normalized spacial score (nSPS) is 10.4. The average Bonchev–Trinajstić information content (AvgIpc) is 2.76. The van der Waals surface area contributed by atoms with Crippen molar-refractivity contribution in [3.05, 3.63) is 41.9 Å². The molecule has 16 heavy (non-hydrogen) atoms. The summed E-state index contributed by atoms with van der Waals surface area (Å²) in [7, 11) is 0. The molecule has 0 spiro atoms. The molecule has 2 heterocycles. The SMILES string of the molecule is CCc1cnc(CNc2ccncc2C)o1. The van der Waals surface area contributed by atoms with Crippen molar-refractivity contribution in [3.8, 4) is 0 Å². The van der Waals surface area contributed by atoms with Crippen LogP contribution in [0.1, 0.15) is 24.1 Å². The first-order chi connectivity index (χ1) is 7.79. The van der Waals surface area contributed by atoms with Gasteiger partial charge in [0.05, 0.1) is 12.7 Å². The van der Waals surface area contributed by atoms with Gasteiger partial charge in [0, 0.05) is 24.5 Å². The van der Waals surface area contributed by atoms with Crippen LogP contribution in [0.3, 0.4) is 0 Å². The second-order valence-corrected chi connectivity index (χ2v) is 3.62. The second kappa shape index (κ2) is 4.79. The molecular formula is C12H15N3O. The molecule has 0 atom stereocenters. The van der Waals surface area contributed by atoms with Crippen molar-refractivity contribution >= 4 is 5.69 Å². The largest absolute Gasteiger partial charge is 0.444 e. The number of nitrogens with zero attached hydrogens (tertiary/aromatic N) is 2. The van der Waals surface area contributed by atoms with E-state index in [9.17, 15) is 0 Å². The van der Waals surface area contributed by atoms with Crippen molar-refractivity contribution in [2.45, 2.75) is 26.8 Å². The molecule has 84 valence electrons. The standard InChI is InChI=1S/C12H15N3O/c1-3-10-7-15-12(16-10)8-14-11-4-5-13-6-9(11)2/h4-7H,3,8H2,1-2H3,(H,13,14). The minimum Gasteiger partial charge on any atom is -0.444 e. The van der Waals surface area contributed by atoms with Crippen LogP contribution in [-0.2, 0) is 13.0 Å². The Bertz CT molecular complexity index is 465. The van der Waals surface area contributed by atoms with Crippen LogP contribution in [0.5, 0.6) is 0 Å². The van der Waals surface area contributed by atoms with E-state index in [-0.39, 0.29) is 0 Å². The lowest BCUT2D eigenvalue weighted by Gasteiger charge is -2.05. The van der Waals surface area contributed by atoms with Gasteiger partial charge >= 0.3 is 0 Å². The van der Waals surface area contributed by atoms with Gasteiger partial charge in [0.25, 0.3) is 0 Å². The van der Waals surface area contributed by atoms with Crippen molar-refractivity contribution in [1.29, 1.82) is 0 Å². The highest BCUT2D eigenvalue weighted by molar-refractivity contribution is 5.48. The van der Waals surface area contributed by atoms with Crippen LogP contribution in [0, 0.1) is 6.92 Å². The van der Waals surface area contributed by atoms with Crippen LogP contribution >= 0.6 is 0 Å². The molecule has 0 unspecified atom stereocenters. The number of oxazole rings is 1. The maximum atomic E-state index is 5.51. The lowest BCUT2D eigenvalue weighted by molar-refractivity contribution is 0.466. The molecule has 0 saturated heterocycles. The Morgan fingerprint density at radius 3 is 2.94 bits per heavy atom. The minimum atomic E-state index is 0.602. The van der Waals surface area contributed by atoms with E-state index in [1.165, 1.54) is 0 Å². The molecule has 0 fully saturated rings. The quantitative estimate of drug-likeness (QED) is 0.855. The summed E-state index contributed by atoms with van der Waals surface area (Å²) in [6.45, 7) is 4.66. The Kier molecular flexibility index (Phi) is 3.19. The van der Waals surface area contributed by atoms with E-state index >= 15 is 0 Å². The van der Waals surface area contributed by atoms with Gasteiger partial charge in [-0.15, -0.1) is 0 Å². The molecule has 2 aromatic rings. The van der Waals surface area contributed by atoms with E-state index in [2.05, 4.69) is 15.3 Å². The maximum Gasteiger partial charge on any atom is 0.213 e. The smallest absolute Gasteiger partial charge is 0.213 e. The monoisotopic (exact) mass is 217 g/mol. The van der Waals surface area contributed by atoms with Gasteiger partial charge in [-0.2, -0.15) is 0 Å². The molecule has 0 saturated carbocycles. The summed E-state index contributed by atoms with van der Waals surface area (Å²) < 4.78 is 5.51. The second-order valence-electron chi connectivity index (χ2n) is 3.62. The van der Waals surface area contributed by atoms with Gasteiger partial charge in [-0.05, 0) is 18.6 Å². The minimum absolute atomic E-state index is 0.602. The zero-order chi connectivity index (χ0) is 11.4. The summed E-state index contributed by atoms with van der Waals surface area (Å²) in [5.74, 6) is 1.64. The fourth-order valence-electron chi connectivity index (χ4n) is 1.44. The average molecular weight is 217 g/mol. The molecule has 0 bridgehead atoms. The van der Waals surface area contributed by atoms with E-state index in [1.807, 2.05) is 26.1 Å². The van der Waals surface area contributed by atoms with Gasteiger partial charge in [-0.25, -0.2) is 4.98 Å². The van der Waals surface area contributed by atoms with Gasteiger partial charge in [0.15, 0.2) is 0 Å². The number of aromatic nitrogens is 2. The fraction of sp³-hybridized carbons (Fsp3) is 0.333. The fourth-order valence-corrected chi connectivity index (χ4v) is 1.44. The van der Waals surface area contributed by atoms with Crippen molar-refractivity contribution in [3.63, 3.8) is 0 Å². The predicted octanol–water partition coefficient (Wildman–Crippen LogP) is 2.55. The molecule has 0 radical (unpaired) electrons. The molecule has 0 aliphatic rings. The van der Waals surface area contributed by atoms with Crippen molar-refractivity contribution in [2.24, 2.45) is 0 Å². The van der Waals surface area contributed by atoms with Crippen LogP contribution in [0.4, 0.5) is 5.69 Å². The molecule has 2 rings (SSSR count). The van der Waals surface area contributed by atoms with Gasteiger partial charge in [0.1, 0.15) is 5.76 Å². The van der Waals surface area contributed by atoms with Gasteiger partial charge in [0.2, 0.25) is 5.89 Å². The van der Waals surface area contributed by atoms with Gasteiger partial charge in [-0.1, -0.05) is 6.92 Å². The Hall–Kier alpha value is -1.84. The van der Waals surface area contributed by atoms with Crippen LogP contribution < -0.4 is 5.32 Å². The molecule has 0 aromatic carbocycles. The van der Waals surface area contributed by atoms with Crippen LogP contribution in [-0.4, -0.2) is 9.97 Å². The lowest BCUT2D eigenvalue weighted by Crippen LogP contribution is -2.01. The number of anilines is 1. The summed E-state index contributed by atoms with van der Waals surface area (Å²) in [6, 6.07) is 1.94. The molecule has 0 aliphatic heterocycles. The highest BCUT2D eigenvalue weighted by atomic mass is 16.4. The van der Waals surface area contributed by atoms with Crippen LogP contribution in [0.2, 0.25) is 0 Å². The van der Waals surface area contributed by atoms with Crippen LogP contribution in [0.25, 0.3) is 0 Å². The Morgan fingerprint density at radius 2 is 2.25 bits per heavy atom. The lowest BCUT2D eigenvalue weighted by atomic mass is 10.2. The first kappa shape index (κ1) is 10.7. The topological polar surface area (TPSA) is 51.0 Å². The molecular weight excluding hydrogens is 202 g/mol. The summed E-state index contributed by atoms with van der Waals surface area (Å²) in [5, 5.41) is 3.27. The van der Waals surface area contributed by atoms with Crippen molar-refractivity contribution in [2.75, 3.05) is 5.32 Å². The molecule has 1 N–H and O–H groups in total. The van der Waals surface area contributed by atoms with Gasteiger partial charge in [-0.3, -0.25) is 4.98 Å². The first-order valence-electron chi connectivity index (χ1n) is 5.37. The predicted molar refractivity (Wildman–Crippen MR) is 62.2 cm³/mol. The summed E-state index contributed by atoms with van der Waals surface area (Å²) >= 11 is 0. The van der Waals surface area contributed by atoms with E-state index in [0.717, 1.165) is 23.4 Å². The zero-order valence-electron chi connectivity index (χ0n) is 9.53. The molecule has 2 aromatic heterocycles. The number of nitrogens with one attached hydrogen (secondary N) is 1. The maximum absolute atomic E-state index is 5.51. The van der Waals surface area contributed by atoms with E-state index < -0.39 is 0 Å².